The molecular formula is C31H35FN4O4. The average Bonchev–Trinajstić information content (AvgIpc) is 3.19. The van der Waals surface area contributed by atoms with Crippen molar-refractivity contribution in [2.45, 2.75) is 46.1 Å². The first-order chi connectivity index (χ1) is 19.0. The average molecular weight is 547 g/mol. The number of halogens is 1. The third-order valence-corrected chi connectivity index (χ3v) is 7.69. The van der Waals surface area contributed by atoms with E-state index in [1.807, 2.05) is 37.4 Å². The fourth-order valence-electron chi connectivity index (χ4n) is 5.29. The van der Waals surface area contributed by atoms with Crippen LogP contribution in [-0.2, 0) is 25.5 Å². The number of hydrazone groups is 2. The van der Waals surface area contributed by atoms with Gasteiger partial charge in [0.1, 0.15) is 17.6 Å². The Labute approximate surface area is 234 Å². The summed E-state index contributed by atoms with van der Waals surface area (Å²) in [6.07, 6.45) is 9.27. The lowest BCUT2D eigenvalue weighted by Crippen LogP contribution is -2.27. The van der Waals surface area contributed by atoms with Crippen LogP contribution >= 0.6 is 0 Å². The molecule has 1 aromatic carbocycles. The monoisotopic (exact) mass is 546 g/mol. The third kappa shape index (κ3) is 5.88. The van der Waals surface area contributed by atoms with Crippen molar-refractivity contribution < 1.29 is 23.5 Å². The number of hydrogen-bond donors (Lipinski definition) is 1. The van der Waals surface area contributed by atoms with Crippen molar-refractivity contribution in [3.05, 3.63) is 70.6 Å². The van der Waals surface area contributed by atoms with Crippen molar-refractivity contribution in [3.63, 3.8) is 0 Å². The molecule has 8 nitrogen and oxygen atoms in total. The number of methoxy groups -OCH3 is 1. The predicted octanol–water partition coefficient (Wildman–Crippen LogP) is 5.35. The van der Waals surface area contributed by atoms with Gasteiger partial charge in [-0.05, 0) is 36.5 Å². The summed E-state index contributed by atoms with van der Waals surface area (Å²) in [7, 11) is 2.99. The number of carbonyl (C=O) groups excluding carboxylic acids is 2. The number of nitrogens with zero attached hydrogens (tertiary/aromatic N) is 3. The molecule has 0 radical (unpaired) electrons. The zero-order valence-electron chi connectivity index (χ0n) is 23.5. The molecule has 2 heterocycles. The molecule has 210 valence electrons. The van der Waals surface area contributed by atoms with Crippen molar-refractivity contribution in [2.24, 2.45) is 28.0 Å². The molecule has 0 saturated carbocycles. The van der Waals surface area contributed by atoms with Crippen LogP contribution in [-0.4, -0.2) is 55.0 Å². The molecule has 1 saturated heterocycles. The van der Waals surface area contributed by atoms with Crippen LogP contribution in [0.15, 0.2) is 58.3 Å². The van der Waals surface area contributed by atoms with E-state index in [0.717, 1.165) is 22.4 Å². The quantitative estimate of drug-likeness (QED) is 0.349. The lowest BCUT2D eigenvalue weighted by molar-refractivity contribution is -0.144. The highest BCUT2D eigenvalue weighted by atomic mass is 19.1. The van der Waals surface area contributed by atoms with Crippen LogP contribution in [0.1, 0.15) is 50.3 Å². The lowest BCUT2D eigenvalue weighted by atomic mass is 9.86. The number of rotatable bonds is 8. The summed E-state index contributed by atoms with van der Waals surface area (Å²) >= 11 is 0. The van der Waals surface area contributed by atoms with E-state index in [1.54, 1.807) is 18.2 Å². The summed E-state index contributed by atoms with van der Waals surface area (Å²) in [6, 6.07) is 3.57. The normalized spacial score (nSPS) is 24.4. The number of esters is 2. The van der Waals surface area contributed by atoms with E-state index in [9.17, 15) is 9.59 Å². The summed E-state index contributed by atoms with van der Waals surface area (Å²) in [5.41, 5.74) is 4.99. The first-order valence-corrected chi connectivity index (χ1v) is 13.3. The van der Waals surface area contributed by atoms with Crippen LogP contribution in [0.5, 0.6) is 0 Å². The summed E-state index contributed by atoms with van der Waals surface area (Å²) in [6.45, 7) is 10.0. The number of cyclic esters (lactones) is 1. The second kappa shape index (κ2) is 11.9. The number of hydrogen-bond acceptors (Lipinski definition) is 8. The van der Waals surface area contributed by atoms with Gasteiger partial charge in [0.2, 0.25) is 0 Å². The van der Waals surface area contributed by atoms with Gasteiger partial charge in [-0.15, -0.1) is 0 Å². The second-order valence-corrected chi connectivity index (χ2v) is 10.5. The Kier molecular flexibility index (Phi) is 8.61. The van der Waals surface area contributed by atoms with Crippen LogP contribution in [0.2, 0.25) is 0 Å². The molecule has 0 aromatic heterocycles. The molecular weight excluding hydrogens is 511 g/mol. The smallest absolute Gasteiger partial charge is 0.351 e. The number of allylic oxidation sites excluding steroid dienone is 6. The molecule has 0 bridgehead atoms. The van der Waals surface area contributed by atoms with Crippen molar-refractivity contribution in [1.82, 2.24) is 5.12 Å². The SMILES string of the molecule is C=Cc1c(CC2CC(CC(=N)C(=O)OC)OC2=O)ccc(C2=CC=C(C3=NN(C)N=CC3C)C(C)C(C)=C2)c1F. The fourth-order valence-corrected chi connectivity index (χ4v) is 5.29. The molecule has 0 spiro atoms. The number of carbonyl (C=O) groups is 2. The maximum absolute atomic E-state index is 16.0. The van der Waals surface area contributed by atoms with Crippen molar-refractivity contribution >= 4 is 41.2 Å². The molecule has 0 amide bonds. The number of benzene rings is 1. The molecule has 4 atom stereocenters. The zero-order valence-corrected chi connectivity index (χ0v) is 23.5. The van der Waals surface area contributed by atoms with Gasteiger partial charge in [0.05, 0.1) is 18.7 Å². The van der Waals surface area contributed by atoms with Crippen LogP contribution < -0.4 is 0 Å². The second-order valence-electron chi connectivity index (χ2n) is 10.5. The molecule has 4 unspecified atom stereocenters. The Bertz CT molecular complexity index is 1400. The van der Waals surface area contributed by atoms with Crippen molar-refractivity contribution in [1.29, 1.82) is 5.41 Å². The molecule has 1 fully saturated rings. The summed E-state index contributed by atoms with van der Waals surface area (Å²) in [5.74, 6) is -1.94. The topological polar surface area (TPSA) is 104 Å². The molecule has 4 rings (SSSR count). The van der Waals surface area contributed by atoms with E-state index in [4.69, 9.17) is 10.1 Å². The van der Waals surface area contributed by atoms with Gasteiger partial charge in [0.15, 0.2) is 0 Å². The van der Waals surface area contributed by atoms with Crippen LogP contribution in [0, 0.1) is 29.0 Å². The standard InChI is InChI=1S/C31H35FN4O4/c1-7-24-21(13-22-14-23(40-30(22)37)15-27(33)31(38)39-6)9-11-26(28(24)32)20-8-10-25(19(4)17(2)12-20)29-18(3)16-34-36(5)35-29/h7-12,16,18-19,22-23,33H,1,13-15H2,2-6H3. The van der Waals surface area contributed by atoms with Crippen molar-refractivity contribution in [3.8, 4) is 0 Å². The van der Waals surface area contributed by atoms with E-state index in [2.05, 4.69) is 35.4 Å². The minimum atomic E-state index is -0.748. The van der Waals surface area contributed by atoms with Gasteiger partial charge in [-0.1, -0.05) is 62.4 Å². The summed E-state index contributed by atoms with van der Waals surface area (Å²) in [5, 5.41) is 18.2. The van der Waals surface area contributed by atoms with Crippen LogP contribution in [0.3, 0.4) is 0 Å². The first kappa shape index (κ1) is 28.9. The highest BCUT2D eigenvalue weighted by molar-refractivity contribution is 6.35. The molecule has 1 N–H and O–H groups in total. The lowest BCUT2D eigenvalue weighted by Gasteiger charge is -2.24. The predicted molar refractivity (Wildman–Crippen MR) is 154 cm³/mol. The zero-order chi connectivity index (χ0) is 29.1. The van der Waals surface area contributed by atoms with Gasteiger partial charge in [0.25, 0.3) is 0 Å². The van der Waals surface area contributed by atoms with E-state index >= 15 is 4.39 Å². The minimum Gasteiger partial charge on any atom is -0.465 e. The Morgan fingerprint density at radius 3 is 2.77 bits per heavy atom. The Balaban J connectivity index is 1.60. The van der Waals surface area contributed by atoms with Gasteiger partial charge >= 0.3 is 11.9 Å². The summed E-state index contributed by atoms with van der Waals surface area (Å²) < 4.78 is 25.9. The third-order valence-electron chi connectivity index (χ3n) is 7.69. The molecule has 40 heavy (non-hydrogen) atoms. The largest absolute Gasteiger partial charge is 0.465 e. The van der Waals surface area contributed by atoms with E-state index in [1.165, 1.54) is 13.2 Å². The van der Waals surface area contributed by atoms with E-state index in [-0.39, 0.29) is 30.4 Å². The molecule has 1 aromatic rings. The maximum Gasteiger partial charge on any atom is 0.351 e. The van der Waals surface area contributed by atoms with Gasteiger partial charge in [0, 0.05) is 42.6 Å². The number of nitrogens with one attached hydrogen (secondary N) is 1. The summed E-state index contributed by atoms with van der Waals surface area (Å²) in [4.78, 5) is 24.1. The molecule has 3 aliphatic rings. The Hall–Kier alpha value is -4.14. The number of ether oxygens (including phenoxy) is 2. The highest BCUT2D eigenvalue weighted by Crippen LogP contribution is 2.35. The first-order valence-electron chi connectivity index (χ1n) is 13.3. The van der Waals surface area contributed by atoms with E-state index in [0.29, 0.717) is 23.1 Å². The molecule has 9 heteroatoms. The fraction of sp³-hybridized carbons (Fsp3) is 0.387. The molecule has 2 aliphatic heterocycles. The maximum atomic E-state index is 16.0. The van der Waals surface area contributed by atoms with Gasteiger partial charge in [-0.2, -0.15) is 15.3 Å². The highest BCUT2D eigenvalue weighted by Gasteiger charge is 2.36. The molecule has 1 aliphatic carbocycles. The van der Waals surface area contributed by atoms with Gasteiger partial charge in [-0.25, -0.2) is 9.18 Å². The van der Waals surface area contributed by atoms with Crippen LogP contribution in [0.25, 0.3) is 11.6 Å². The Morgan fingerprint density at radius 1 is 1.32 bits per heavy atom. The van der Waals surface area contributed by atoms with Gasteiger partial charge < -0.3 is 9.47 Å². The van der Waals surface area contributed by atoms with Crippen LogP contribution in [0.4, 0.5) is 4.39 Å². The van der Waals surface area contributed by atoms with Gasteiger partial charge in [-0.3, -0.25) is 10.2 Å². The van der Waals surface area contributed by atoms with Crippen molar-refractivity contribution in [2.75, 3.05) is 14.2 Å². The minimum absolute atomic E-state index is 0.0153. The Morgan fingerprint density at radius 2 is 2.08 bits per heavy atom. The van der Waals surface area contributed by atoms with E-state index < -0.39 is 29.8 Å².